The SMILES string of the molecule is N.N.O=C(O)O.O=C(O)O.[Zn]. The first-order valence-corrected chi connectivity index (χ1v) is 1.30. The molecule has 0 heterocycles. The zero-order valence-electron chi connectivity index (χ0n) is 5.73. The second kappa shape index (κ2) is 23.0. The van der Waals surface area contributed by atoms with E-state index in [0.717, 1.165) is 0 Å². The van der Waals surface area contributed by atoms with Gasteiger partial charge in [-0.15, -0.1) is 0 Å². The fourth-order valence-electron chi connectivity index (χ4n) is 0. The van der Waals surface area contributed by atoms with Crippen molar-refractivity contribution in [1.82, 2.24) is 12.3 Å². The molecule has 0 aliphatic carbocycles. The van der Waals surface area contributed by atoms with Crippen molar-refractivity contribution >= 4 is 12.3 Å². The quantitative estimate of drug-likeness (QED) is 0.325. The Labute approximate surface area is 74.8 Å². The second-order valence-electron chi connectivity index (χ2n) is 0.565. The fourth-order valence-corrected chi connectivity index (χ4v) is 0. The molecule has 11 heavy (non-hydrogen) atoms. The van der Waals surface area contributed by atoms with Gasteiger partial charge in [-0.1, -0.05) is 0 Å². The Morgan fingerprint density at radius 3 is 0.727 bits per heavy atom. The summed E-state index contributed by atoms with van der Waals surface area (Å²) >= 11 is 0. The van der Waals surface area contributed by atoms with E-state index >= 15 is 0 Å². The van der Waals surface area contributed by atoms with Crippen LogP contribution in [-0.2, 0) is 19.5 Å². The first kappa shape index (κ1) is 32.2. The molecular weight excluding hydrogens is 213 g/mol. The van der Waals surface area contributed by atoms with Crippen LogP contribution in [0.5, 0.6) is 0 Å². The predicted octanol–water partition coefficient (Wildman–Crippen LogP) is 0.766. The second-order valence-corrected chi connectivity index (χ2v) is 0.565. The van der Waals surface area contributed by atoms with E-state index in [9.17, 15) is 0 Å². The molecule has 0 spiro atoms. The van der Waals surface area contributed by atoms with E-state index in [2.05, 4.69) is 0 Å². The summed E-state index contributed by atoms with van der Waals surface area (Å²) in [7, 11) is 0. The van der Waals surface area contributed by atoms with Crippen molar-refractivity contribution in [3.8, 4) is 0 Å². The normalized spacial score (nSPS) is 4.36. The van der Waals surface area contributed by atoms with E-state index in [1.54, 1.807) is 0 Å². The number of rotatable bonds is 0. The molecular formula is C2H10N2O6Zn. The molecule has 0 aromatic heterocycles. The van der Waals surface area contributed by atoms with E-state index in [-0.39, 0.29) is 31.8 Å². The summed E-state index contributed by atoms with van der Waals surface area (Å²) in [5.74, 6) is 0. The van der Waals surface area contributed by atoms with Crippen molar-refractivity contribution in [2.75, 3.05) is 0 Å². The molecule has 8 nitrogen and oxygen atoms in total. The molecule has 0 aromatic rings. The molecule has 0 saturated carbocycles. The van der Waals surface area contributed by atoms with Crippen LogP contribution in [0.4, 0.5) is 9.59 Å². The van der Waals surface area contributed by atoms with Gasteiger partial charge < -0.3 is 32.7 Å². The Hall–Kier alpha value is -0.917. The Morgan fingerprint density at radius 1 is 0.727 bits per heavy atom. The summed E-state index contributed by atoms with van der Waals surface area (Å²) in [6.07, 6.45) is -3.67. The molecule has 0 aromatic carbocycles. The van der Waals surface area contributed by atoms with Gasteiger partial charge in [0.15, 0.2) is 0 Å². The molecule has 0 saturated heterocycles. The summed E-state index contributed by atoms with van der Waals surface area (Å²) in [4.78, 5) is 17.1. The third-order valence-corrected chi connectivity index (χ3v) is 0. The zero-order chi connectivity index (χ0) is 7.15. The molecule has 0 rings (SSSR count). The van der Waals surface area contributed by atoms with Crippen LogP contribution in [0.2, 0.25) is 0 Å². The van der Waals surface area contributed by atoms with Crippen LogP contribution in [0.25, 0.3) is 0 Å². The van der Waals surface area contributed by atoms with Crippen molar-refractivity contribution in [1.29, 1.82) is 0 Å². The molecule has 0 radical (unpaired) electrons. The molecule has 0 bridgehead atoms. The minimum absolute atomic E-state index is 0. The van der Waals surface area contributed by atoms with Gasteiger partial charge in [-0.2, -0.15) is 0 Å². The van der Waals surface area contributed by atoms with E-state index < -0.39 is 12.3 Å². The summed E-state index contributed by atoms with van der Waals surface area (Å²) in [6.45, 7) is 0. The van der Waals surface area contributed by atoms with Gasteiger partial charge in [-0.25, -0.2) is 9.59 Å². The van der Waals surface area contributed by atoms with Crippen LogP contribution in [-0.4, -0.2) is 32.7 Å². The Balaban J connectivity index is -0.0000000171. The van der Waals surface area contributed by atoms with Crippen molar-refractivity contribution in [2.45, 2.75) is 0 Å². The van der Waals surface area contributed by atoms with Crippen LogP contribution in [0.15, 0.2) is 0 Å². The molecule has 10 N–H and O–H groups in total. The van der Waals surface area contributed by atoms with Crippen molar-refractivity contribution in [2.24, 2.45) is 0 Å². The van der Waals surface area contributed by atoms with E-state index in [1.165, 1.54) is 0 Å². The molecule has 66 valence electrons. The molecule has 0 aliphatic rings. The first-order valence-electron chi connectivity index (χ1n) is 1.30. The molecule has 0 aliphatic heterocycles. The molecule has 9 heteroatoms. The van der Waals surface area contributed by atoms with Gasteiger partial charge >= 0.3 is 12.3 Å². The average molecular weight is 224 g/mol. The summed E-state index contributed by atoms with van der Waals surface area (Å²) in [6, 6.07) is 0. The standard InChI is InChI=1S/2CH2O3.2H3N.Zn/c2*2-1(3)4;;;/h2*(H2,2,3,4);2*1H3;. The van der Waals surface area contributed by atoms with Gasteiger partial charge in [0.05, 0.1) is 0 Å². The van der Waals surface area contributed by atoms with Crippen molar-refractivity contribution in [3.63, 3.8) is 0 Å². The maximum Gasteiger partial charge on any atom is 0.503 e. The Bertz CT molecular complexity index is 76.6. The Kier molecular flexibility index (Phi) is 67.2. The van der Waals surface area contributed by atoms with Gasteiger partial charge in [-0.05, 0) is 0 Å². The van der Waals surface area contributed by atoms with Gasteiger partial charge in [0, 0.05) is 19.5 Å². The molecule has 0 atom stereocenters. The smallest absolute Gasteiger partial charge is 0.450 e. The fraction of sp³-hybridized carbons (Fsp3) is 0. The first-order chi connectivity index (χ1) is 3.46. The number of carboxylic acid groups (broad SMARTS) is 4. The number of hydrogen-bond donors (Lipinski definition) is 6. The molecule has 0 unspecified atom stereocenters. The van der Waals surface area contributed by atoms with Crippen LogP contribution >= 0.6 is 0 Å². The minimum atomic E-state index is -1.83. The van der Waals surface area contributed by atoms with Crippen LogP contribution < -0.4 is 12.3 Å². The summed E-state index contributed by atoms with van der Waals surface area (Å²) in [5.41, 5.74) is 0. The van der Waals surface area contributed by atoms with Crippen LogP contribution in [0.1, 0.15) is 0 Å². The topological polar surface area (TPSA) is 185 Å². The largest absolute Gasteiger partial charge is 0.503 e. The van der Waals surface area contributed by atoms with Gasteiger partial charge in [0.1, 0.15) is 0 Å². The predicted molar refractivity (Wildman–Crippen MR) is 31.4 cm³/mol. The average Bonchev–Trinajstić information content (AvgIpc) is 1.25. The third-order valence-electron chi connectivity index (χ3n) is 0. The zero-order valence-corrected chi connectivity index (χ0v) is 8.69. The van der Waals surface area contributed by atoms with E-state index in [1.807, 2.05) is 0 Å². The van der Waals surface area contributed by atoms with E-state index in [4.69, 9.17) is 30.0 Å². The maximum absolute atomic E-state index is 8.56. The van der Waals surface area contributed by atoms with Gasteiger partial charge in [-0.3, -0.25) is 0 Å². The van der Waals surface area contributed by atoms with Gasteiger partial charge in [0.2, 0.25) is 0 Å². The third kappa shape index (κ3) is 542. The number of hydrogen-bond acceptors (Lipinski definition) is 4. The molecule has 0 fully saturated rings. The molecule has 0 amide bonds. The van der Waals surface area contributed by atoms with Gasteiger partial charge in [0.25, 0.3) is 0 Å². The van der Waals surface area contributed by atoms with Crippen LogP contribution in [0, 0.1) is 0 Å². The van der Waals surface area contributed by atoms with Crippen LogP contribution in [0.3, 0.4) is 0 Å². The van der Waals surface area contributed by atoms with Crippen molar-refractivity contribution in [3.05, 3.63) is 0 Å². The van der Waals surface area contributed by atoms with E-state index in [0.29, 0.717) is 0 Å². The summed E-state index contributed by atoms with van der Waals surface area (Å²) < 4.78 is 0. The monoisotopic (exact) mass is 222 g/mol. The Morgan fingerprint density at radius 2 is 0.727 bits per heavy atom. The minimum Gasteiger partial charge on any atom is -0.450 e. The van der Waals surface area contributed by atoms with Crippen molar-refractivity contribution < 1.29 is 49.5 Å². The maximum atomic E-state index is 8.56. The number of carbonyl (C=O) groups is 2. The summed E-state index contributed by atoms with van der Waals surface area (Å²) in [5, 5.41) is 27.9.